The van der Waals surface area contributed by atoms with E-state index in [1.54, 1.807) is 41.4 Å². The standard InChI is InChI=1S/C17H15FN2O3S/c1-23-13-5-8-15(16(18)9-13)17-10-19-11-20(17)12-3-6-14(7-4-12)24(2,21)22/h3-11H,1-2H3. The van der Waals surface area contributed by atoms with Crippen LogP contribution in [0.2, 0.25) is 0 Å². The van der Waals surface area contributed by atoms with Crippen molar-refractivity contribution in [2.24, 2.45) is 0 Å². The lowest BCUT2D eigenvalue weighted by Crippen LogP contribution is -2.00. The van der Waals surface area contributed by atoms with Gasteiger partial charge in [-0.2, -0.15) is 0 Å². The van der Waals surface area contributed by atoms with E-state index in [1.807, 2.05) is 0 Å². The second-order valence-electron chi connectivity index (χ2n) is 5.26. The van der Waals surface area contributed by atoms with E-state index in [0.29, 0.717) is 22.7 Å². The van der Waals surface area contributed by atoms with Crippen LogP contribution in [0.4, 0.5) is 4.39 Å². The van der Waals surface area contributed by atoms with Gasteiger partial charge < -0.3 is 4.74 Å². The maximum absolute atomic E-state index is 14.3. The van der Waals surface area contributed by atoms with Crippen molar-refractivity contribution in [1.82, 2.24) is 9.55 Å². The quantitative estimate of drug-likeness (QED) is 0.728. The fourth-order valence-electron chi connectivity index (χ4n) is 2.38. The van der Waals surface area contributed by atoms with Crippen LogP contribution in [0.5, 0.6) is 5.75 Å². The molecule has 2 aromatic carbocycles. The van der Waals surface area contributed by atoms with Crippen molar-refractivity contribution < 1.29 is 17.5 Å². The van der Waals surface area contributed by atoms with E-state index >= 15 is 0 Å². The van der Waals surface area contributed by atoms with Gasteiger partial charge in [0.1, 0.15) is 11.6 Å². The lowest BCUT2D eigenvalue weighted by Gasteiger charge is -2.10. The Morgan fingerprint density at radius 1 is 1.12 bits per heavy atom. The van der Waals surface area contributed by atoms with Crippen LogP contribution in [-0.2, 0) is 9.84 Å². The average molecular weight is 346 g/mol. The minimum Gasteiger partial charge on any atom is -0.497 e. The van der Waals surface area contributed by atoms with Gasteiger partial charge in [-0.25, -0.2) is 17.8 Å². The third kappa shape index (κ3) is 3.03. The van der Waals surface area contributed by atoms with E-state index < -0.39 is 15.7 Å². The molecule has 0 spiro atoms. The molecule has 0 aliphatic heterocycles. The summed E-state index contributed by atoms with van der Waals surface area (Å²) < 4.78 is 44.1. The van der Waals surface area contributed by atoms with Gasteiger partial charge in [-0.1, -0.05) is 0 Å². The molecular weight excluding hydrogens is 331 g/mol. The van der Waals surface area contributed by atoms with Gasteiger partial charge in [0.05, 0.1) is 30.2 Å². The molecule has 0 bridgehead atoms. The van der Waals surface area contributed by atoms with E-state index in [1.165, 1.54) is 25.3 Å². The van der Waals surface area contributed by atoms with Crippen molar-refractivity contribution >= 4 is 9.84 Å². The maximum atomic E-state index is 14.3. The molecule has 1 heterocycles. The van der Waals surface area contributed by atoms with Crippen LogP contribution in [0.15, 0.2) is 59.9 Å². The molecule has 0 aliphatic rings. The number of rotatable bonds is 4. The predicted octanol–water partition coefficient (Wildman–Crippen LogP) is 3.09. The molecule has 0 radical (unpaired) electrons. The summed E-state index contributed by atoms with van der Waals surface area (Å²) in [5, 5.41) is 0. The highest BCUT2D eigenvalue weighted by Gasteiger charge is 2.13. The van der Waals surface area contributed by atoms with Crippen molar-refractivity contribution in [3.05, 3.63) is 60.8 Å². The zero-order chi connectivity index (χ0) is 17.3. The molecule has 24 heavy (non-hydrogen) atoms. The smallest absolute Gasteiger partial charge is 0.175 e. The van der Waals surface area contributed by atoms with Crippen LogP contribution >= 0.6 is 0 Å². The van der Waals surface area contributed by atoms with Crippen molar-refractivity contribution in [1.29, 1.82) is 0 Å². The largest absolute Gasteiger partial charge is 0.497 e. The van der Waals surface area contributed by atoms with Gasteiger partial charge in [-0.15, -0.1) is 0 Å². The van der Waals surface area contributed by atoms with Crippen molar-refractivity contribution in [3.63, 3.8) is 0 Å². The van der Waals surface area contributed by atoms with Crippen molar-refractivity contribution in [2.75, 3.05) is 13.4 Å². The summed E-state index contributed by atoms with van der Waals surface area (Å²) >= 11 is 0. The van der Waals surface area contributed by atoms with Gasteiger partial charge in [-0.3, -0.25) is 4.57 Å². The van der Waals surface area contributed by atoms with Gasteiger partial charge in [0.25, 0.3) is 0 Å². The summed E-state index contributed by atoms with van der Waals surface area (Å²) in [5.41, 5.74) is 1.62. The highest BCUT2D eigenvalue weighted by atomic mass is 32.2. The summed E-state index contributed by atoms with van der Waals surface area (Å²) in [5.74, 6) is 0.00340. The van der Waals surface area contributed by atoms with E-state index in [0.717, 1.165) is 6.26 Å². The molecule has 3 aromatic rings. The van der Waals surface area contributed by atoms with Crippen LogP contribution in [0.1, 0.15) is 0 Å². The first-order valence-corrected chi connectivity index (χ1v) is 8.96. The van der Waals surface area contributed by atoms with E-state index in [4.69, 9.17) is 4.74 Å². The Bertz CT molecular complexity index is 979. The third-order valence-electron chi connectivity index (χ3n) is 3.63. The van der Waals surface area contributed by atoms with Crippen LogP contribution in [-0.4, -0.2) is 31.3 Å². The Morgan fingerprint density at radius 2 is 1.83 bits per heavy atom. The Labute approximate surface area is 139 Å². The second kappa shape index (κ2) is 6.09. The molecule has 0 atom stereocenters. The first kappa shape index (κ1) is 16.2. The van der Waals surface area contributed by atoms with Gasteiger partial charge in [0, 0.05) is 23.6 Å². The van der Waals surface area contributed by atoms with Gasteiger partial charge in [0.15, 0.2) is 9.84 Å². The molecule has 124 valence electrons. The topological polar surface area (TPSA) is 61.2 Å². The Hall–Kier alpha value is -2.67. The lowest BCUT2D eigenvalue weighted by atomic mass is 10.1. The van der Waals surface area contributed by atoms with E-state index in [-0.39, 0.29) is 4.90 Å². The SMILES string of the molecule is COc1ccc(-c2cncn2-c2ccc(S(C)(=O)=O)cc2)c(F)c1. The molecule has 0 fully saturated rings. The third-order valence-corrected chi connectivity index (χ3v) is 4.76. The monoisotopic (exact) mass is 346 g/mol. The molecule has 7 heteroatoms. The highest BCUT2D eigenvalue weighted by molar-refractivity contribution is 7.90. The van der Waals surface area contributed by atoms with Gasteiger partial charge in [-0.05, 0) is 36.4 Å². The zero-order valence-electron chi connectivity index (χ0n) is 13.1. The van der Waals surface area contributed by atoms with Crippen LogP contribution in [0.3, 0.4) is 0 Å². The van der Waals surface area contributed by atoms with Crippen molar-refractivity contribution in [3.8, 4) is 22.7 Å². The number of aromatic nitrogens is 2. The molecule has 5 nitrogen and oxygen atoms in total. The molecule has 0 aliphatic carbocycles. The lowest BCUT2D eigenvalue weighted by molar-refractivity contribution is 0.411. The number of sulfone groups is 1. The van der Waals surface area contributed by atoms with Crippen LogP contribution in [0.25, 0.3) is 16.9 Å². The van der Waals surface area contributed by atoms with Crippen LogP contribution < -0.4 is 4.74 Å². The first-order valence-electron chi connectivity index (χ1n) is 7.07. The fraction of sp³-hybridized carbons (Fsp3) is 0.118. The number of halogens is 1. The number of hydrogen-bond acceptors (Lipinski definition) is 4. The van der Waals surface area contributed by atoms with Crippen molar-refractivity contribution in [2.45, 2.75) is 4.90 Å². The fourth-order valence-corrected chi connectivity index (χ4v) is 3.02. The summed E-state index contributed by atoms with van der Waals surface area (Å²) in [6, 6.07) is 10.9. The highest BCUT2D eigenvalue weighted by Crippen LogP contribution is 2.28. The Kier molecular flexibility index (Phi) is 4.11. The molecule has 0 amide bonds. The molecule has 0 saturated carbocycles. The van der Waals surface area contributed by atoms with E-state index in [2.05, 4.69) is 4.98 Å². The summed E-state index contributed by atoms with van der Waals surface area (Å²) in [6.07, 6.45) is 4.25. The summed E-state index contributed by atoms with van der Waals surface area (Å²) in [4.78, 5) is 4.30. The molecule has 0 saturated heterocycles. The van der Waals surface area contributed by atoms with E-state index in [9.17, 15) is 12.8 Å². The molecule has 0 unspecified atom stereocenters. The minimum absolute atomic E-state index is 0.226. The predicted molar refractivity (Wildman–Crippen MR) is 88.6 cm³/mol. The van der Waals surface area contributed by atoms with Gasteiger partial charge >= 0.3 is 0 Å². The summed E-state index contributed by atoms with van der Waals surface area (Å²) in [7, 11) is -1.79. The number of imidazole rings is 1. The summed E-state index contributed by atoms with van der Waals surface area (Å²) in [6.45, 7) is 0. The van der Waals surface area contributed by atoms with Gasteiger partial charge in [0.2, 0.25) is 0 Å². The molecule has 0 N–H and O–H groups in total. The first-order chi connectivity index (χ1) is 11.4. The minimum atomic E-state index is -3.26. The van der Waals surface area contributed by atoms with Crippen LogP contribution in [0, 0.1) is 5.82 Å². The average Bonchev–Trinajstić information content (AvgIpc) is 3.03. The zero-order valence-corrected chi connectivity index (χ0v) is 13.9. The number of methoxy groups -OCH3 is 1. The molecule has 3 rings (SSSR count). The second-order valence-corrected chi connectivity index (χ2v) is 7.28. The Balaban J connectivity index is 2.05. The molecular formula is C17H15FN2O3S. The number of nitrogens with zero attached hydrogens (tertiary/aromatic N) is 2. The number of hydrogen-bond donors (Lipinski definition) is 0. The molecule has 1 aromatic heterocycles. The Morgan fingerprint density at radius 3 is 2.42 bits per heavy atom. The number of ether oxygens (including phenoxy) is 1. The number of benzene rings is 2. The maximum Gasteiger partial charge on any atom is 0.175 e. The normalized spacial score (nSPS) is 11.5.